The van der Waals surface area contributed by atoms with Crippen molar-refractivity contribution in [1.29, 1.82) is 0 Å². The van der Waals surface area contributed by atoms with E-state index in [4.69, 9.17) is 27.4 Å². The zero-order valence-corrected chi connectivity index (χ0v) is 18.0. The number of amides is 1. The Morgan fingerprint density at radius 2 is 1.67 bits per heavy atom. The second-order valence-electron chi connectivity index (χ2n) is 6.24. The van der Waals surface area contributed by atoms with Crippen LogP contribution < -0.4 is 9.61 Å². The van der Waals surface area contributed by atoms with Crippen molar-refractivity contribution in [3.63, 3.8) is 0 Å². The van der Waals surface area contributed by atoms with E-state index in [1.54, 1.807) is 30.3 Å². The van der Waals surface area contributed by atoms with Gasteiger partial charge < -0.3 is 4.18 Å². The van der Waals surface area contributed by atoms with Gasteiger partial charge in [0.1, 0.15) is 10.6 Å². The van der Waals surface area contributed by atoms with E-state index < -0.39 is 16.0 Å². The van der Waals surface area contributed by atoms with Crippen LogP contribution in [-0.2, 0) is 10.1 Å². The highest BCUT2D eigenvalue weighted by Gasteiger charge is 2.16. The van der Waals surface area contributed by atoms with Crippen LogP contribution in [0, 0.1) is 6.92 Å². The van der Waals surface area contributed by atoms with Crippen molar-refractivity contribution in [2.75, 3.05) is 0 Å². The average Bonchev–Trinajstić information content (AvgIpc) is 2.69. The van der Waals surface area contributed by atoms with Gasteiger partial charge in [-0.3, -0.25) is 4.79 Å². The molecule has 0 spiro atoms. The molecule has 1 N–H and O–H groups in total. The fraction of sp³-hybridized carbons (Fsp3) is 0.0476. The zero-order chi connectivity index (χ0) is 21.7. The molecule has 0 aliphatic heterocycles. The van der Waals surface area contributed by atoms with E-state index in [0.29, 0.717) is 10.6 Å². The summed E-state index contributed by atoms with van der Waals surface area (Å²) in [5.74, 6) is -0.332. The maximum Gasteiger partial charge on any atom is 0.339 e. The fourth-order valence-corrected chi connectivity index (χ4v) is 3.81. The lowest BCUT2D eigenvalue weighted by atomic mass is 10.2. The second kappa shape index (κ2) is 9.30. The minimum Gasteiger partial charge on any atom is -0.379 e. The highest BCUT2D eigenvalue weighted by atomic mass is 35.5. The summed E-state index contributed by atoms with van der Waals surface area (Å²) in [6.45, 7) is 1.87. The fourth-order valence-electron chi connectivity index (χ4n) is 2.39. The van der Waals surface area contributed by atoms with Crippen LogP contribution in [0.5, 0.6) is 5.75 Å². The molecule has 0 saturated carbocycles. The van der Waals surface area contributed by atoms with Crippen LogP contribution in [0.2, 0.25) is 10.0 Å². The van der Waals surface area contributed by atoms with Crippen LogP contribution >= 0.6 is 23.2 Å². The van der Waals surface area contributed by atoms with Crippen LogP contribution in [-0.4, -0.2) is 20.5 Å². The highest BCUT2D eigenvalue weighted by Crippen LogP contribution is 2.21. The molecule has 0 fully saturated rings. The summed E-state index contributed by atoms with van der Waals surface area (Å²) in [4.78, 5) is 12.2. The standard InChI is InChI=1S/C21H16Cl2N2O4S/c1-14-2-9-18(10-3-14)30(27,28)29-17-7-4-15(5-8-17)13-24-25-21(26)19-11-6-16(22)12-20(19)23/h2-13H,1H3,(H,25,26)/b24-13-. The molecule has 0 unspecified atom stereocenters. The molecule has 0 aromatic heterocycles. The third-order valence-electron chi connectivity index (χ3n) is 3.95. The molecule has 3 aromatic rings. The maximum absolute atomic E-state index is 12.3. The first kappa shape index (κ1) is 21.8. The van der Waals surface area contributed by atoms with Crippen molar-refractivity contribution in [3.8, 4) is 5.75 Å². The molecular formula is C21H16Cl2N2O4S. The van der Waals surface area contributed by atoms with Gasteiger partial charge in [-0.15, -0.1) is 0 Å². The summed E-state index contributed by atoms with van der Waals surface area (Å²) in [6, 6.07) is 17.1. The van der Waals surface area contributed by atoms with Crippen molar-refractivity contribution in [2.24, 2.45) is 5.10 Å². The monoisotopic (exact) mass is 462 g/mol. The van der Waals surface area contributed by atoms with E-state index in [-0.39, 0.29) is 21.2 Å². The number of rotatable bonds is 6. The molecule has 0 heterocycles. The summed E-state index contributed by atoms with van der Waals surface area (Å²) < 4.78 is 29.8. The summed E-state index contributed by atoms with van der Waals surface area (Å²) in [6.07, 6.45) is 1.40. The maximum atomic E-state index is 12.3. The number of benzene rings is 3. The van der Waals surface area contributed by atoms with Crippen LogP contribution in [0.1, 0.15) is 21.5 Å². The minimum absolute atomic E-state index is 0.0716. The number of carbonyl (C=O) groups is 1. The van der Waals surface area contributed by atoms with E-state index >= 15 is 0 Å². The van der Waals surface area contributed by atoms with Crippen LogP contribution in [0.4, 0.5) is 0 Å². The molecule has 0 saturated heterocycles. The van der Waals surface area contributed by atoms with Gasteiger partial charge in [-0.2, -0.15) is 13.5 Å². The van der Waals surface area contributed by atoms with Gasteiger partial charge in [0.25, 0.3) is 5.91 Å². The number of hydrazone groups is 1. The van der Waals surface area contributed by atoms with Crippen LogP contribution in [0.3, 0.4) is 0 Å². The first-order chi connectivity index (χ1) is 14.2. The predicted molar refractivity (Wildman–Crippen MR) is 117 cm³/mol. The van der Waals surface area contributed by atoms with Crippen molar-refractivity contribution in [2.45, 2.75) is 11.8 Å². The lowest BCUT2D eigenvalue weighted by molar-refractivity contribution is 0.0955. The Labute approximate surface area is 184 Å². The SMILES string of the molecule is Cc1ccc(S(=O)(=O)Oc2ccc(/C=N\NC(=O)c3ccc(Cl)cc3Cl)cc2)cc1. The van der Waals surface area contributed by atoms with Gasteiger partial charge in [0, 0.05) is 5.02 Å². The Morgan fingerprint density at radius 1 is 1.00 bits per heavy atom. The molecule has 0 radical (unpaired) electrons. The van der Waals surface area contributed by atoms with E-state index in [1.807, 2.05) is 6.92 Å². The number of nitrogens with zero attached hydrogens (tertiary/aromatic N) is 1. The first-order valence-electron chi connectivity index (χ1n) is 8.64. The summed E-state index contributed by atoms with van der Waals surface area (Å²) in [7, 11) is -3.92. The lowest BCUT2D eigenvalue weighted by Gasteiger charge is -2.07. The van der Waals surface area contributed by atoms with Crippen LogP contribution in [0.25, 0.3) is 0 Å². The predicted octanol–water partition coefficient (Wildman–Crippen LogP) is 4.83. The molecule has 3 rings (SSSR count). The normalized spacial score (nSPS) is 11.4. The second-order valence-corrected chi connectivity index (χ2v) is 8.63. The first-order valence-corrected chi connectivity index (χ1v) is 10.8. The zero-order valence-electron chi connectivity index (χ0n) is 15.7. The van der Waals surface area contributed by atoms with E-state index in [2.05, 4.69) is 10.5 Å². The molecule has 0 atom stereocenters. The number of nitrogens with one attached hydrogen (secondary N) is 1. The third kappa shape index (κ3) is 5.60. The topological polar surface area (TPSA) is 84.8 Å². The minimum atomic E-state index is -3.92. The molecule has 0 aliphatic rings. The quantitative estimate of drug-likeness (QED) is 0.322. The summed E-state index contributed by atoms with van der Waals surface area (Å²) >= 11 is 11.8. The van der Waals surface area contributed by atoms with E-state index in [9.17, 15) is 13.2 Å². The molecule has 0 bridgehead atoms. The van der Waals surface area contributed by atoms with Gasteiger partial charge in [-0.25, -0.2) is 5.43 Å². The Morgan fingerprint density at radius 3 is 2.30 bits per heavy atom. The van der Waals surface area contributed by atoms with Crippen molar-refractivity contribution in [1.82, 2.24) is 5.43 Å². The number of carbonyl (C=O) groups excluding carboxylic acids is 1. The van der Waals surface area contributed by atoms with Crippen LogP contribution in [0.15, 0.2) is 76.7 Å². The van der Waals surface area contributed by atoms with Crippen molar-refractivity contribution >= 4 is 45.4 Å². The molecule has 154 valence electrons. The molecule has 0 aliphatic carbocycles. The Kier molecular flexibility index (Phi) is 6.77. The van der Waals surface area contributed by atoms with Crippen molar-refractivity contribution in [3.05, 3.63) is 93.5 Å². The third-order valence-corrected chi connectivity index (χ3v) is 5.76. The largest absolute Gasteiger partial charge is 0.379 e. The summed E-state index contributed by atoms with van der Waals surface area (Å²) in [5.41, 5.74) is 4.17. The molecule has 1 amide bonds. The highest BCUT2D eigenvalue weighted by molar-refractivity contribution is 7.87. The van der Waals surface area contributed by atoms with E-state index in [1.165, 1.54) is 42.6 Å². The van der Waals surface area contributed by atoms with Gasteiger partial charge in [-0.05, 0) is 67.1 Å². The van der Waals surface area contributed by atoms with Gasteiger partial charge in [0.15, 0.2) is 0 Å². The molecule has 3 aromatic carbocycles. The summed E-state index contributed by atoms with van der Waals surface area (Å²) in [5, 5.41) is 4.50. The Hall–Kier alpha value is -2.87. The van der Waals surface area contributed by atoms with E-state index in [0.717, 1.165) is 5.56 Å². The molecule has 6 nitrogen and oxygen atoms in total. The Balaban J connectivity index is 1.62. The number of aryl methyl sites for hydroxylation is 1. The van der Waals surface area contributed by atoms with Gasteiger partial charge >= 0.3 is 10.1 Å². The van der Waals surface area contributed by atoms with Gasteiger partial charge in [0.2, 0.25) is 0 Å². The van der Waals surface area contributed by atoms with Gasteiger partial charge in [-0.1, -0.05) is 40.9 Å². The number of hydrogen-bond donors (Lipinski definition) is 1. The average molecular weight is 463 g/mol. The smallest absolute Gasteiger partial charge is 0.339 e. The molecule has 30 heavy (non-hydrogen) atoms. The number of halogens is 2. The van der Waals surface area contributed by atoms with Gasteiger partial charge in [0.05, 0.1) is 16.8 Å². The number of hydrogen-bond acceptors (Lipinski definition) is 5. The molecule has 9 heteroatoms. The van der Waals surface area contributed by atoms with Crippen molar-refractivity contribution < 1.29 is 17.4 Å². The molecular weight excluding hydrogens is 447 g/mol. The lowest BCUT2D eigenvalue weighted by Crippen LogP contribution is -2.18. The Bertz CT molecular complexity index is 1190.